The van der Waals surface area contributed by atoms with Gasteiger partial charge in [-0.1, -0.05) is 6.07 Å². The van der Waals surface area contributed by atoms with E-state index in [1.165, 1.54) is 16.7 Å². The third kappa shape index (κ3) is 4.03. The molecule has 0 aromatic carbocycles. The van der Waals surface area contributed by atoms with Crippen molar-refractivity contribution in [3.05, 3.63) is 22.4 Å². The minimum absolute atomic E-state index is 0.0182. The number of likely N-dealkylation sites (N-methyl/N-ethyl adjacent to an activating group) is 1. The summed E-state index contributed by atoms with van der Waals surface area (Å²) in [4.78, 5) is 25.2. The summed E-state index contributed by atoms with van der Waals surface area (Å²) in [5, 5.41) is 13.2. The molecule has 5 nitrogen and oxygen atoms in total. The Hall–Kier alpha value is -1.56. The van der Waals surface area contributed by atoms with Crippen molar-refractivity contribution in [2.75, 3.05) is 7.05 Å². The van der Waals surface area contributed by atoms with Crippen molar-refractivity contribution < 1.29 is 14.7 Å². The molecule has 2 amide bonds. The lowest BCUT2D eigenvalue weighted by molar-refractivity contribution is -0.138. The van der Waals surface area contributed by atoms with Crippen LogP contribution in [0.15, 0.2) is 17.5 Å². The number of rotatable bonds is 5. The van der Waals surface area contributed by atoms with Crippen molar-refractivity contribution in [3.63, 3.8) is 0 Å². The van der Waals surface area contributed by atoms with E-state index in [0.29, 0.717) is 0 Å². The van der Waals surface area contributed by atoms with E-state index < -0.39 is 12.0 Å². The van der Waals surface area contributed by atoms with Crippen LogP contribution in [0.2, 0.25) is 0 Å². The highest BCUT2D eigenvalue weighted by Crippen LogP contribution is 2.13. The second-order valence-corrected chi connectivity index (χ2v) is 5.29. The van der Waals surface area contributed by atoms with E-state index in [9.17, 15) is 9.59 Å². The van der Waals surface area contributed by atoms with Gasteiger partial charge in [-0.2, -0.15) is 0 Å². The summed E-state index contributed by atoms with van der Waals surface area (Å²) >= 11 is 1.65. The summed E-state index contributed by atoms with van der Waals surface area (Å²) in [6, 6.07) is 2.76. The molecule has 1 heterocycles. The minimum Gasteiger partial charge on any atom is -0.480 e. The van der Waals surface area contributed by atoms with E-state index in [1.54, 1.807) is 18.4 Å². The van der Waals surface area contributed by atoms with Crippen LogP contribution in [-0.4, -0.2) is 41.1 Å². The first kappa shape index (κ1) is 14.5. The van der Waals surface area contributed by atoms with Crippen molar-refractivity contribution in [1.29, 1.82) is 0 Å². The van der Waals surface area contributed by atoms with E-state index in [-0.39, 0.29) is 12.1 Å². The Morgan fingerprint density at radius 3 is 2.67 bits per heavy atom. The zero-order chi connectivity index (χ0) is 13.7. The number of thiophene rings is 1. The van der Waals surface area contributed by atoms with Crippen molar-refractivity contribution in [2.24, 2.45) is 0 Å². The van der Waals surface area contributed by atoms with E-state index in [2.05, 4.69) is 5.32 Å². The Bertz CT molecular complexity index is 405. The van der Waals surface area contributed by atoms with Crippen LogP contribution in [0.5, 0.6) is 0 Å². The summed E-state index contributed by atoms with van der Waals surface area (Å²) in [6.07, 6.45) is 0.767. The third-order valence-electron chi connectivity index (χ3n) is 2.77. The molecular weight excluding hydrogens is 252 g/mol. The van der Waals surface area contributed by atoms with Gasteiger partial charge in [0.2, 0.25) is 0 Å². The maximum absolute atomic E-state index is 11.8. The molecule has 100 valence electrons. The molecule has 18 heavy (non-hydrogen) atoms. The number of hydrogen-bond donors (Lipinski definition) is 2. The zero-order valence-electron chi connectivity index (χ0n) is 10.7. The van der Waals surface area contributed by atoms with Crippen molar-refractivity contribution in [1.82, 2.24) is 10.2 Å². The Morgan fingerprint density at radius 1 is 1.50 bits per heavy atom. The predicted octanol–water partition coefficient (Wildman–Crippen LogP) is 1.79. The maximum Gasteiger partial charge on any atom is 0.325 e. The number of urea groups is 1. The molecular formula is C12H18N2O3S. The first-order valence-corrected chi connectivity index (χ1v) is 6.58. The maximum atomic E-state index is 11.8. The molecule has 2 N–H and O–H groups in total. The number of carboxylic acids is 1. The first-order chi connectivity index (χ1) is 8.41. The van der Waals surface area contributed by atoms with Crippen LogP contribution in [-0.2, 0) is 11.2 Å². The number of nitrogens with zero attached hydrogens (tertiary/aromatic N) is 1. The van der Waals surface area contributed by atoms with E-state index in [4.69, 9.17) is 5.11 Å². The Kier molecular flexibility index (Phi) is 5.15. The average Bonchev–Trinajstić information content (AvgIpc) is 2.80. The van der Waals surface area contributed by atoms with Crippen molar-refractivity contribution >= 4 is 23.3 Å². The van der Waals surface area contributed by atoms with Gasteiger partial charge < -0.3 is 15.3 Å². The quantitative estimate of drug-likeness (QED) is 0.857. The second-order valence-electron chi connectivity index (χ2n) is 4.25. The van der Waals surface area contributed by atoms with Crippen LogP contribution < -0.4 is 5.32 Å². The highest BCUT2D eigenvalue weighted by Gasteiger charge is 2.20. The largest absolute Gasteiger partial charge is 0.480 e. The number of carbonyl (C=O) groups is 2. The number of carboxylic acid groups (broad SMARTS) is 1. The fourth-order valence-corrected chi connectivity index (χ4v) is 2.23. The molecule has 2 atom stereocenters. The topological polar surface area (TPSA) is 69.6 Å². The minimum atomic E-state index is -1.04. The molecule has 0 spiro atoms. The standard InChI is InChI=1S/C12H18N2O3S/c1-8(7-10-5-4-6-18-10)14(3)12(17)13-9(2)11(15)16/h4-6,8-9H,7H2,1-3H3,(H,13,17)(H,15,16). The Balaban J connectivity index is 2.50. The lowest BCUT2D eigenvalue weighted by Gasteiger charge is -2.25. The summed E-state index contributed by atoms with van der Waals surface area (Å²) < 4.78 is 0. The van der Waals surface area contributed by atoms with E-state index in [1.807, 2.05) is 24.4 Å². The SMILES string of the molecule is CC(NC(=O)N(C)C(C)Cc1cccs1)C(=O)O. The molecule has 2 unspecified atom stereocenters. The number of hydrogen-bond acceptors (Lipinski definition) is 3. The summed E-state index contributed by atoms with van der Waals surface area (Å²) in [7, 11) is 1.67. The van der Waals surface area contributed by atoms with Gasteiger partial charge in [0.25, 0.3) is 0 Å². The monoisotopic (exact) mass is 270 g/mol. The normalized spacial score (nSPS) is 13.7. The molecule has 0 aliphatic carbocycles. The Morgan fingerprint density at radius 2 is 2.17 bits per heavy atom. The Labute approximate surface area is 110 Å². The number of aliphatic carboxylic acids is 1. The molecule has 6 heteroatoms. The lowest BCUT2D eigenvalue weighted by Crippen LogP contribution is -2.48. The number of nitrogens with one attached hydrogen (secondary N) is 1. The van der Waals surface area contributed by atoms with Gasteiger partial charge in [0, 0.05) is 24.4 Å². The van der Waals surface area contributed by atoms with Crippen LogP contribution in [0, 0.1) is 0 Å². The number of carbonyl (C=O) groups excluding carboxylic acids is 1. The van der Waals surface area contributed by atoms with Gasteiger partial charge in [0.05, 0.1) is 0 Å². The molecule has 1 aromatic heterocycles. The molecule has 0 fully saturated rings. The third-order valence-corrected chi connectivity index (χ3v) is 3.67. The molecule has 0 saturated carbocycles. The van der Waals surface area contributed by atoms with Gasteiger partial charge in [-0.25, -0.2) is 4.79 Å². The molecule has 0 bridgehead atoms. The van der Waals surface area contributed by atoms with Gasteiger partial charge in [0.1, 0.15) is 6.04 Å². The second kappa shape index (κ2) is 6.39. The molecule has 0 radical (unpaired) electrons. The fourth-order valence-electron chi connectivity index (χ4n) is 1.41. The van der Waals surface area contributed by atoms with Crippen molar-refractivity contribution in [2.45, 2.75) is 32.4 Å². The molecule has 0 aliphatic rings. The van der Waals surface area contributed by atoms with Crippen LogP contribution in [0.25, 0.3) is 0 Å². The highest BCUT2D eigenvalue weighted by atomic mass is 32.1. The molecule has 0 aliphatic heterocycles. The molecule has 1 rings (SSSR count). The average molecular weight is 270 g/mol. The summed E-state index contributed by atoms with van der Waals surface area (Å²) in [5.41, 5.74) is 0. The van der Waals surface area contributed by atoms with Crippen LogP contribution >= 0.6 is 11.3 Å². The lowest BCUT2D eigenvalue weighted by atomic mass is 10.2. The summed E-state index contributed by atoms with van der Waals surface area (Å²) in [5.74, 6) is -1.04. The van der Waals surface area contributed by atoms with E-state index >= 15 is 0 Å². The van der Waals surface area contributed by atoms with Gasteiger partial charge in [-0.3, -0.25) is 4.79 Å². The molecule has 1 aromatic rings. The summed E-state index contributed by atoms with van der Waals surface area (Å²) in [6.45, 7) is 3.38. The van der Waals surface area contributed by atoms with Gasteiger partial charge in [0.15, 0.2) is 0 Å². The smallest absolute Gasteiger partial charge is 0.325 e. The predicted molar refractivity (Wildman–Crippen MR) is 70.9 cm³/mol. The van der Waals surface area contributed by atoms with Gasteiger partial charge in [-0.05, 0) is 25.3 Å². The van der Waals surface area contributed by atoms with Crippen LogP contribution in [0.1, 0.15) is 18.7 Å². The van der Waals surface area contributed by atoms with Crippen LogP contribution in [0.4, 0.5) is 4.79 Å². The fraction of sp³-hybridized carbons (Fsp3) is 0.500. The van der Waals surface area contributed by atoms with Crippen molar-refractivity contribution in [3.8, 4) is 0 Å². The van der Waals surface area contributed by atoms with Gasteiger partial charge in [-0.15, -0.1) is 11.3 Å². The van der Waals surface area contributed by atoms with Crippen LogP contribution in [0.3, 0.4) is 0 Å². The number of amides is 2. The zero-order valence-corrected chi connectivity index (χ0v) is 11.5. The highest BCUT2D eigenvalue weighted by molar-refractivity contribution is 7.09. The van der Waals surface area contributed by atoms with E-state index in [0.717, 1.165) is 6.42 Å². The first-order valence-electron chi connectivity index (χ1n) is 5.70. The molecule has 0 saturated heterocycles. The van der Waals surface area contributed by atoms with Gasteiger partial charge >= 0.3 is 12.0 Å².